The van der Waals surface area contributed by atoms with Gasteiger partial charge in [-0.25, -0.2) is 8.42 Å². The van der Waals surface area contributed by atoms with Gasteiger partial charge in [-0.1, -0.05) is 12.1 Å². The first-order valence-corrected chi connectivity index (χ1v) is 10.3. The minimum atomic E-state index is -4.03. The molecule has 0 unspecified atom stereocenters. The van der Waals surface area contributed by atoms with Gasteiger partial charge in [-0.15, -0.1) is 0 Å². The van der Waals surface area contributed by atoms with Crippen molar-refractivity contribution >= 4 is 27.3 Å². The van der Waals surface area contributed by atoms with E-state index in [1.54, 1.807) is 18.5 Å². The number of carbonyl (C=O) groups excluding carboxylic acids is 1. The van der Waals surface area contributed by atoms with Gasteiger partial charge in [0.05, 0.1) is 9.82 Å². The summed E-state index contributed by atoms with van der Waals surface area (Å²) in [4.78, 5) is 26.4. The number of carbonyl (C=O) groups is 1. The Bertz CT molecular complexity index is 1180. The zero-order valence-electron chi connectivity index (χ0n) is 15.9. The molecule has 0 fully saturated rings. The van der Waals surface area contributed by atoms with Crippen molar-refractivity contribution in [3.63, 3.8) is 0 Å². The highest BCUT2D eigenvalue weighted by atomic mass is 32.2. The lowest BCUT2D eigenvalue weighted by Gasteiger charge is -2.10. The molecule has 1 aromatic heterocycles. The van der Waals surface area contributed by atoms with E-state index in [0.717, 1.165) is 11.6 Å². The zero-order valence-corrected chi connectivity index (χ0v) is 16.7. The van der Waals surface area contributed by atoms with Crippen molar-refractivity contribution in [2.24, 2.45) is 0 Å². The first kappa shape index (κ1) is 20.9. The molecule has 3 rings (SSSR count). The summed E-state index contributed by atoms with van der Waals surface area (Å²) in [6.45, 7) is 1.84. The van der Waals surface area contributed by atoms with Crippen LogP contribution in [-0.2, 0) is 16.6 Å². The molecule has 1 amide bonds. The predicted octanol–water partition coefficient (Wildman–Crippen LogP) is 3.03. The molecule has 2 N–H and O–H groups in total. The van der Waals surface area contributed by atoms with Crippen LogP contribution in [0.4, 0.5) is 11.4 Å². The van der Waals surface area contributed by atoms with E-state index in [9.17, 15) is 23.3 Å². The number of nitrogens with one attached hydrogen (secondary N) is 2. The van der Waals surface area contributed by atoms with E-state index in [4.69, 9.17) is 0 Å². The average Bonchev–Trinajstić information content (AvgIpc) is 2.73. The fourth-order valence-corrected chi connectivity index (χ4v) is 3.72. The predicted molar refractivity (Wildman–Crippen MR) is 110 cm³/mol. The number of nitro benzene ring substituents is 1. The molecule has 154 valence electrons. The number of pyridine rings is 1. The number of aryl methyl sites for hydroxylation is 1. The molecule has 2 aromatic carbocycles. The van der Waals surface area contributed by atoms with E-state index in [0.29, 0.717) is 17.7 Å². The molecule has 0 radical (unpaired) electrons. The Morgan fingerprint density at radius 3 is 2.50 bits per heavy atom. The topological polar surface area (TPSA) is 131 Å². The van der Waals surface area contributed by atoms with Crippen LogP contribution in [0.3, 0.4) is 0 Å². The van der Waals surface area contributed by atoms with E-state index in [-0.39, 0.29) is 22.2 Å². The van der Waals surface area contributed by atoms with Gasteiger partial charge in [0.15, 0.2) is 0 Å². The van der Waals surface area contributed by atoms with Crippen LogP contribution < -0.4 is 10.0 Å². The lowest BCUT2D eigenvalue weighted by molar-refractivity contribution is -0.385. The minimum Gasteiger partial charge on any atom is -0.348 e. The van der Waals surface area contributed by atoms with Crippen molar-refractivity contribution in [2.45, 2.75) is 18.4 Å². The second kappa shape index (κ2) is 8.70. The van der Waals surface area contributed by atoms with Crippen LogP contribution in [0, 0.1) is 17.0 Å². The molecule has 0 saturated heterocycles. The second-order valence-corrected chi connectivity index (χ2v) is 8.11. The molecule has 0 saturated carbocycles. The van der Waals surface area contributed by atoms with Gasteiger partial charge in [-0.05, 0) is 48.9 Å². The fourth-order valence-electron chi connectivity index (χ4n) is 2.64. The van der Waals surface area contributed by atoms with Crippen LogP contribution in [-0.4, -0.2) is 24.2 Å². The highest BCUT2D eigenvalue weighted by molar-refractivity contribution is 7.92. The third kappa shape index (κ3) is 4.97. The smallest absolute Gasteiger partial charge is 0.273 e. The Labute approximate surface area is 173 Å². The zero-order chi connectivity index (χ0) is 21.7. The third-order valence-corrected chi connectivity index (χ3v) is 5.64. The summed E-state index contributed by atoms with van der Waals surface area (Å²) in [6.07, 6.45) is 3.29. The summed E-state index contributed by atoms with van der Waals surface area (Å²) in [5.74, 6) is -0.317. The van der Waals surface area contributed by atoms with Crippen LogP contribution in [0.15, 0.2) is 71.9 Å². The van der Waals surface area contributed by atoms with Gasteiger partial charge in [0.1, 0.15) is 0 Å². The van der Waals surface area contributed by atoms with Crippen LogP contribution in [0.25, 0.3) is 0 Å². The lowest BCUT2D eigenvalue weighted by Crippen LogP contribution is -2.22. The number of nitro groups is 1. The van der Waals surface area contributed by atoms with Crippen molar-refractivity contribution in [1.82, 2.24) is 10.3 Å². The maximum Gasteiger partial charge on any atom is 0.273 e. The lowest BCUT2D eigenvalue weighted by atomic mass is 10.2. The van der Waals surface area contributed by atoms with Crippen molar-refractivity contribution in [1.29, 1.82) is 0 Å². The van der Waals surface area contributed by atoms with Crippen molar-refractivity contribution in [3.05, 3.63) is 93.8 Å². The Kier molecular flexibility index (Phi) is 6.07. The van der Waals surface area contributed by atoms with Crippen molar-refractivity contribution < 1.29 is 18.1 Å². The van der Waals surface area contributed by atoms with Gasteiger partial charge < -0.3 is 5.32 Å². The summed E-state index contributed by atoms with van der Waals surface area (Å²) in [6, 6.07) is 13.1. The van der Waals surface area contributed by atoms with E-state index < -0.39 is 14.9 Å². The van der Waals surface area contributed by atoms with E-state index in [2.05, 4.69) is 15.0 Å². The molecule has 10 heteroatoms. The Morgan fingerprint density at radius 1 is 1.13 bits per heavy atom. The molecule has 0 aliphatic rings. The molecule has 0 bridgehead atoms. The minimum absolute atomic E-state index is 0.224. The fraction of sp³-hybridized carbons (Fsp3) is 0.100. The quantitative estimate of drug-likeness (QED) is 0.441. The van der Waals surface area contributed by atoms with E-state index in [1.807, 2.05) is 6.07 Å². The van der Waals surface area contributed by atoms with Gasteiger partial charge in [0.2, 0.25) is 0 Å². The summed E-state index contributed by atoms with van der Waals surface area (Å²) >= 11 is 0. The Hall–Kier alpha value is -3.79. The summed E-state index contributed by atoms with van der Waals surface area (Å²) < 4.78 is 27.4. The molecular formula is C20H18N4O5S. The number of nitrogens with zero attached hydrogens (tertiary/aromatic N) is 2. The standard InChI is InChI=1S/C20H18N4O5S/c1-14-4-9-18(11-19(14)24(26)27)30(28,29)23-17-7-5-16(6-8-17)20(25)22-13-15-3-2-10-21-12-15/h2-12,23H,13H2,1H3,(H,22,25). The Balaban J connectivity index is 1.69. The molecular weight excluding hydrogens is 408 g/mol. The maximum atomic E-state index is 12.5. The molecule has 9 nitrogen and oxygen atoms in total. The molecule has 3 aromatic rings. The average molecular weight is 426 g/mol. The molecule has 1 heterocycles. The number of hydrogen-bond donors (Lipinski definition) is 2. The van der Waals surface area contributed by atoms with E-state index >= 15 is 0 Å². The second-order valence-electron chi connectivity index (χ2n) is 6.43. The molecule has 0 atom stereocenters. The van der Waals surface area contributed by atoms with Gasteiger partial charge in [-0.3, -0.25) is 24.6 Å². The first-order chi connectivity index (χ1) is 14.3. The maximum absolute atomic E-state index is 12.5. The number of sulfonamides is 1. The molecule has 30 heavy (non-hydrogen) atoms. The van der Waals surface area contributed by atoms with Gasteiger partial charge in [0, 0.05) is 41.8 Å². The first-order valence-electron chi connectivity index (χ1n) is 8.81. The monoisotopic (exact) mass is 426 g/mol. The van der Waals surface area contributed by atoms with Crippen LogP contribution in [0.2, 0.25) is 0 Å². The van der Waals surface area contributed by atoms with Crippen molar-refractivity contribution in [2.75, 3.05) is 4.72 Å². The van der Waals surface area contributed by atoms with Gasteiger partial charge in [0.25, 0.3) is 21.6 Å². The summed E-state index contributed by atoms with van der Waals surface area (Å²) in [5, 5.41) is 13.8. The molecule has 0 spiro atoms. The number of benzene rings is 2. The SMILES string of the molecule is Cc1ccc(S(=O)(=O)Nc2ccc(C(=O)NCc3cccnc3)cc2)cc1[N+](=O)[O-]. The highest BCUT2D eigenvalue weighted by Crippen LogP contribution is 2.24. The summed E-state index contributed by atoms with van der Waals surface area (Å²) in [7, 11) is -4.03. The normalized spacial score (nSPS) is 11.0. The number of rotatable bonds is 7. The van der Waals surface area contributed by atoms with Crippen molar-refractivity contribution in [3.8, 4) is 0 Å². The number of anilines is 1. The van der Waals surface area contributed by atoms with Gasteiger partial charge in [-0.2, -0.15) is 0 Å². The molecule has 0 aliphatic carbocycles. The van der Waals surface area contributed by atoms with Crippen LogP contribution in [0.1, 0.15) is 21.5 Å². The number of aromatic nitrogens is 1. The third-order valence-electron chi connectivity index (χ3n) is 4.26. The largest absolute Gasteiger partial charge is 0.348 e. The Morgan fingerprint density at radius 2 is 1.87 bits per heavy atom. The highest BCUT2D eigenvalue weighted by Gasteiger charge is 2.20. The van der Waals surface area contributed by atoms with Gasteiger partial charge >= 0.3 is 0 Å². The number of amides is 1. The number of hydrogen-bond acceptors (Lipinski definition) is 6. The van der Waals surface area contributed by atoms with Crippen LogP contribution >= 0.6 is 0 Å². The van der Waals surface area contributed by atoms with E-state index in [1.165, 1.54) is 43.3 Å². The molecule has 0 aliphatic heterocycles. The summed E-state index contributed by atoms with van der Waals surface area (Å²) in [5.41, 5.74) is 1.51. The van der Waals surface area contributed by atoms with Crippen LogP contribution in [0.5, 0.6) is 0 Å².